The van der Waals surface area contributed by atoms with Crippen LogP contribution >= 0.6 is 11.6 Å². The second kappa shape index (κ2) is 8.43. The van der Waals surface area contributed by atoms with Gasteiger partial charge >= 0.3 is 0 Å². The van der Waals surface area contributed by atoms with Gasteiger partial charge in [-0.2, -0.15) is 0 Å². The summed E-state index contributed by atoms with van der Waals surface area (Å²) >= 11 is 5.85. The molecule has 0 bridgehead atoms. The maximum Gasteiger partial charge on any atom is 0.126 e. The molecule has 0 aliphatic carbocycles. The lowest BCUT2D eigenvalue weighted by atomic mass is 10.0. The predicted molar refractivity (Wildman–Crippen MR) is 72.0 cm³/mol. The van der Waals surface area contributed by atoms with E-state index in [4.69, 9.17) is 22.2 Å². The van der Waals surface area contributed by atoms with Crippen molar-refractivity contribution in [3.05, 3.63) is 34.6 Å². The van der Waals surface area contributed by atoms with Gasteiger partial charge in [0.15, 0.2) is 0 Å². The summed E-state index contributed by atoms with van der Waals surface area (Å²) in [6.45, 7) is 3.37. The fourth-order valence-electron chi connectivity index (χ4n) is 1.79. The first-order chi connectivity index (χ1) is 8.67. The molecule has 0 saturated heterocycles. The van der Waals surface area contributed by atoms with Gasteiger partial charge in [0.1, 0.15) is 5.82 Å². The van der Waals surface area contributed by atoms with Gasteiger partial charge in [-0.1, -0.05) is 11.6 Å². The number of hydrazine groups is 1. The van der Waals surface area contributed by atoms with Crippen molar-refractivity contribution >= 4 is 11.6 Å². The minimum Gasteiger partial charge on any atom is -0.382 e. The van der Waals surface area contributed by atoms with Crippen molar-refractivity contribution in [1.82, 2.24) is 5.43 Å². The number of nitrogens with two attached hydrogens (primary N) is 1. The quantitative estimate of drug-likeness (QED) is 0.435. The third-order valence-corrected chi connectivity index (χ3v) is 2.99. The molecule has 0 radical (unpaired) electrons. The zero-order valence-electron chi connectivity index (χ0n) is 10.6. The molecule has 3 nitrogen and oxygen atoms in total. The first-order valence-electron chi connectivity index (χ1n) is 6.15. The zero-order chi connectivity index (χ0) is 13.4. The molecule has 18 heavy (non-hydrogen) atoms. The van der Waals surface area contributed by atoms with Crippen molar-refractivity contribution in [2.45, 2.75) is 32.2 Å². The van der Waals surface area contributed by atoms with Crippen molar-refractivity contribution in [3.8, 4) is 0 Å². The topological polar surface area (TPSA) is 47.3 Å². The summed E-state index contributed by atoms with van der Waals surface area (Å²) in [4.78, 5) is 0. The number of nitrogens with one attached hydrogen (secondary N) is 1. The van der Waals surface area contributed by atoms with Gasteiger partial charge < -0.3 is 4.74 Å². The van der Waals surface area contributed by atoms with Crippen LogP contribution in [0.5, 0.6) is 0 Å². The molecule has 0 heterocycles. The Morgan fingerprint density at radius 3 is 2.94 bits per heavy atom. The molecule has 1 aromatic rings. The second-order valence-electron chi connectivity index (χ2n) is 4.14. The summed E-state index contributed by atoms with van der Waals surface area (Å²) in [5, 5.41) is 0.538. The van der Waals surface area contributed by atoms with Crippen molar-refractivity contribution in [2.75, 3.05) is 13.2 Å². The van der Waals surface area contributed by atoms with Crippen LogP contribution in [0.15, 0.2) is 18.2 Å². The molecule has 3 N–H and O–H groups in total. The first-order valence-corrected chi connectivity index (χ1v) is 6.53. The van der Waals surface area contributed by atoms with E-state index in [2.05, 4.69) is 5.43 Å². The third-order valence-electron chi connectivity index (χ3n) is 2.76. The van der Waals surface area contributed by atoms with E-state index in [9.17, 15) is 4.39 Å². The fraction of sp³-hybridized carbons (Fsp3) is 0.538. The van der Waals surface area contributed by atoms with E-state index in [1.54, 1.807) is 12.1 Å². The molecule has 0 saturated carbocycles. The van der Waals surface area contributed by atoms with E-state index in [-0.39, 0.29) is 11.9 Å². The molecule has 1 unspecified atom stereocenters. The summed E-state index contributed by atoms with van der Waals surface area (Å²) in [6.07, 6.45) is 2.25. The third kappa shape index (κ3) is 5.31. The number of rotatable bonds is 8. The lowest BCUT2D eigenvalue weighted by Gasteiger charge is -2.16. The van der Waals surface area contributed by atoms with E-state index < -0.39 is 0 Å². The Morgan fingerprint density at radius 2 is 2.28 bits per heavy atom. The molecule has 0 amide bonds. The highest BCUT2D eigenvalue weighted by Crippen LogP contribution is 2.17. The van der Waals surface area contributed by atoms with Gasteiger partial charge in [0.2, 0.25) is 0 Å². The fourth-order valence-corrected chi connectivity index (χ4v) is 1.98. The van der Waals surface area contributed by atoms with Gasteiger partial charge in [-0.25, -0.2) is 4.39 Å². The van der Waals surface area contributed by atoms with Crippen LogP contribution in [0, 0.1) is 5.82 Å². The number of halogens is 2. The molecule has 0 spiro atoms. The molecule has 0 aliphatic heterocycles. The summed E-state index contributed by atoms with van der Waals surface area (Å²) in [6, 6.07) is 4.59. The minimum absolute atomic E-state index is 0.0263. The summed E-state index contributed by atoms with van der Waals surface area (Å²) < 4.78 is 18.8. The Balaban J connectivity index is 2.48. The summed E-state index contributed by atoms with van der Waals surface area (Å²) in [7, 11) is 0. The van der Waals surface area contributed by atoms with Crippen molar-refractivity contribution in [3.63, 3.8) is 0 Å². The number of benzene rings is 1. The molecule has 1 rings (SSSR count). The van der Waals surface area contributed by atoms with Crippen LogP contribution in [0.2, 0.25) is 5.02 Å². The van der Waals surface area contributed by atoms with E-state index in [1.165, 1.54) is 6.07 Å². The van der Waals surface area contributed by atoms with Crippen molar-refractivity contribution in [1.29, 1.82) is 0 Å². The van der Waals surface area contributed by atoms with E-state index in [1.807, 2.05) is 6.92 Å². The lowest BCUT2D eigenvalue weighted by Crippen LogP contribution is -2.37. The Labute approximate surface area is 112 Å². The molecule has 1 aromatic carbocycles. The maximum absolute atomic E-state index is 13.6. The van der Waals surface area contributed by atoms with Crippen molar-refractivity contribution < 1.29 is 9.13 Å². The number of ether oxygens (including phenoxy) is 1. The van der Waals surface area contributed by atoms with Gasteiger partial charge in [-0.15, -0.1) is 0 Å². The Morgan fingerprint density at radius 1 is 1.50 bits per heavy atom. The van der Waals surface area contributed by atoms with Crippen LogP contribution in [-0.2, 0) is 11.2 Å². The van der Waals surface area contributed by atoms with E-state index >= 15 is 0 Å². The van der Waals surface area contributed by atoms with Crippen LogP contribution in [0.1, 0.15) is 25.3 Å². The molecule has 0 aromatic heterocycles. The van der Waals surface area contributed by atoms with Crippen molar-refractivity contribution in [2.24, 2.45) is 5.84 Å². The van der Waals surface area contributed by atoms with Crippen LogP contribution in [0.4, 0.5) is 4.39 Å². The zero-order valence-corrected chi connectivity index (χ0v) is 11.3. The van der Waals surface area contributed by atoms with E-state index in [0.29, 0.717) is 30.2 Å². The smallest absolute Gasteiger partial charge is 0.126 e. The predicted octanol–water partition coefficient (Wildman–Crippen LogP) is 2.67. The van der Waals surface area contributed by atoms with Crippen LogP contribution < -0.4 is 11.3 Å². The monoisotopic (exact) mass is 274 g/mol. The highest BCUT2D eigenvalue weighted by atomic mass is 35.5. The highest BCUT2D eigenvalue weighted by Gasteiger charge is 2.11. The molecule has 0 fully saturated rings. The van der Waals surface area contributed by atoms with Crippen LogP contribution in [-0.4, -0.2) is 19.3 Å². The average molecular weight is 275 g/mol. The molecule has 1 atom stereocenters. The first kappa shape index (κ1) is 15.4. The Hall–Kier alpha value is -0.680. The molecule has 5 heteroatoms. The van der Waals surface area contributed by atoms with E-state index in [0.717, 1.165) is 12.8 Å². The Bertz CT molecular complexity index is 363. The summed E-state index contributed by atoms with van der Waals surface area (Å²) in [5.74, 6) is 5.23. The van der Waals surface area contributed by atoms with Crippen LogP contribution in [0.3, 0.4) is 0 Å². The van der Waals surface area contributed by atoms with Gasteiger partial charge in [0.05, 0.1) is 0 Å². The molecule has 0 aliphatic rings. The average Bonchev–Trinajstić information content (AvgIpc) is 2.37. The maximum atomic E-state index is 13.6. The largest absolute Gasteiger partial charge is 0.382 e. The standard InChI is InChI=1S/C13H20ClFN2O/c1-2-18-7-3-4-12(17-16)9-10-8-11(14)5-6-13(10)15/h5-6,8,12,17H,2-4,7,9,16H2,1H3. The normalized spacial score (nSPS) is 12.7. The SMILES string of the molecule is CCOCCCC(Cc1cc(Cl)ccc1F)NN. The molecular formula is C13H20ClFN2O. The molecule has 102 valence electrons. The summed E-state index contributed by atoms with van der Waals surface area (Å²) in [5.41, 5.74) is 3.29. The molecular weight excluding hydrogens is 255 g/mol. The lowest BCUT2D eigenvalue weighted by molar-refractivity contribution is 0.140. The van der Waals surface area contributed by atoms with Gasteiger partial charge in [0.25, 0.3) is 0 Å². The van der Waals surface area contributed by atoms with Gasteiger partial charge in [-0.3, -0.25) is 11.3 Å². The minimum atomic E-state index is -0.246. The van der Waals surface area contributed by atoms with Gasteiger partial charge in [-0.05, 0) is 49.9 Å². The van der Waals surface area contributed by atoms with Gasteiger partial charge in [0, 0.05) is 24.3 Å². The number of hydrogen-bond donors (Lipinski definition) is 2. The highest BCUT2D eigenvalue weighted by molar-refractivity contribution is 6.30. The second-order valence-corrected chi connectivity index (χ2v) is 4.58. The van der Waals surface area contributed by atoms with Crippen LogP contribution in [0.25, 0.3) is 0 Å². The number of hydrogen-bond acceptors (Lipinski definition) is 3. The Kier molecular flexibility index (Phi) is 7.20.